The lowest BCUT2D eigenvalue weighted by Gasteiger charge is -2.32. The van der Waals surface area contributed by atoms with Crippen molar-refractivity contribution in [1.29, 1.82) is 0 Å². The maximum Gasteiger partial charge on any atom is 0.490 e. The smallest absolute Gasteiger partial charge is 0.400 e. The number of hydrogen-bond acceptors (Lipinski definition) is 8. The molecule has 0 unspecified atom stereocenters. The number of halogens is 3. The van der Waals surface area contributed by atoms with Gasteiger partial charge in [-0.2, -0.15) is 9.97 Å². The quantitative estimate of drug-likeness (QED) is 0.0600. The van der Waals surface area contributed by atoms with Gasteiger partial charge >= 0.3 is 7.12 Å². The number of nitrogens with zero attached hydrogens (tertiary/aromatic N) is 6. The first kappa shape index (κ1) is 47.0. The zero-order chi connectivity index (χ0) is 42.3. The van der Waals surface area contributed by atoms with Crippen LogP contribution in [0.4, 0.5) is 0 Å². The number of fused-ring (bicyclic) bond motifs is 2. The molecule has 1 fully saturated rings. The maximum atomic E-state index is 6.20. The van der Waals surface area contributed by atoms with E-state index < -0.39 is 16.1 Å². The van der Waals surface area contributed by atoms with Gasteiger partial charge in [-0.3, -0.25) is 0 Å². The minimum atomic E-state index is -1.06. The van der Waals surface area contributed by atoms with Crippen molar-refractivity contribution in [2.45, 2.75) is 155 Å². The Labute approximate surface area is 363 Å². The first-order valence-electron chi connectivity index (χ1n) is 20.8. The molecule has 0 amide bonds. The van der Waals surface area contributed by atoms with Crippen molar-refractivity contribution in [2.75, 3.05) is 13.2 Å². The fraction of sp³-hybridized carbons (Fsp3) is 0.619. The summed E-state index contributed by atoms with van der Waals surface area (Å²) in [5.41, 5.74) is 4.81. The fourth-order valence-corrected chi connectivity index (χ4v) is 8.82. The Morgan fingerprint density at radius 2 is 1.17 bits per heavy atom. The summed E-state index contributed by atoms with van der Waals surface area (Å²) >= 11 is 18.0. The highest BCUT2D eigenvalue weighted by Crippen LogP contribution is 2.40. The van der Waals surface area contributed by atoms with Crippen LogP contribution in [0, 0.1) is 0 Å². The summed E-state index contributed by atoms with van der Waals surface area (Å²) in [5.74, 6) is 0. The molecular weight excluding hydrogens is 826 g/mol. The molecule has 7 rings (SSSR count). The molecular formula is C42H64BCl3N6O4Si2. The van der Waals surface area contributed by atoms with Gasteiger partial charge in [0.05, 0.1) is 22.3 Å². The molecule has 4 aromatic rings. The van der Waals surface area contributed by atoms with Crippen LogP contribution in [0.5, 0.6) is 0 Å². The van der Waals surface area contributed by atoms with Gasteiger partial charge in [-0.1, -0.05) is 63.0 Å². The van der Waals surface area contributed by atoms with Crippen LogP contribution in [0.3, 0.4) is 0 Å². The van der Waals surface area contributed by atoms with Gasteiger partial charge in [0.1, 0.15) is 29.9 Å². The normalized spacial score (nSPS) is 18.1. The second-order valence-electron chi connectivity index (χ2n) is 19.0. The Bertz CT molecular complexity index is 2040. The van der Waals surface area contributed by atoms with Crippen molar-refractivity contribution in [3.8, 4) is 0 Å². The van der Waals surface area contributed by atoms with Crippen molar-refractivity contribution >= 4 is 85.7 Å². The Morgan fingerprint density at radius 3 is 1.67 bits per heavy atom. The summed E-state index contributed by atoms with van der Waals surface area (Å²) in [5, 5.41) is 2.70. The average molecular weight is 890 g/mol. The highest BCUT2D eigenvalue weighted by atomic mass is 35.5. The van der Waals surface area contributed by atoms with E-state index in [0.717, 1.165) is 60.6 Å². The van der Waals surface area contributed by atoms with Crippen LogP contribution in [0.2, 0.25) is 67.1 Å². The largest absolute Gasteiger partial charge is 0.490 e. The number of allylic oxidation sites excluding steroid dienone is 4. The number of hydrogen-bond donors (Lipinski definition) is 0. The molecule has 16 heteroatoms. The third-order valence-corrected chi connectivity index (χ3v) is 15.1. The van der Waals surface area contributed by atoms with Crippen LogP contribution in [-0.4, -0.2) is 76.8 Å². The molecule has 10 nitrogen and oxygen atoms in total. The molecule has 0 atom stereocenters. The molecule has 318 valence electrons. The fourth-order valence-electron chi connectivity index (χ4n) is 6.70. The van der Waals surface area contributed by atoms with Crippen LogP contribution in [-0.2, 0) is 32.2 Å². The van der Waals surface area contributed by atoms with Gasteiger partial charge < -0.3 is 27.9 Å². The minimum absolute atomic E-state index is 0.102. The van der Waals surface area contributed by atoms with E-state index >= 15 is 0 Å². The number of rotatable bonds is 12. The van der Waals surface area contributed by atoms with Crippen LogP contribution in [0.25, 0.3) is 27.6 Å². The van der Waals surface area contributed by atoms with Crippen LogP contribution in [0.1, 0.15) is 84.8 Å². The Kier molecular flexibility index (Phi) is 16.4. The second kappa shape index (κ2) is 20.2. The van der Waals surface area contributed by atoms with E-state index in [1.54, 1.807) is 0 Å². The summed E-state index contributed by atoms with van der Waals surface area (Å²) in [6.45, 7) is 25.0. The average Bonchev–Trinajstić information content (AvgIpc) is 3.81. The molecule has 0 spiro atoms. The van der Waals surface area contributed by atoms with Crippen LogP contribution >= 0.6 is 34.8 Å². The molecule has 3 aliphatic rings. The van der Waals surface area contributed by atoms with Gasteiger partial charge in [-0.05, 0) is 138 Å². The summed E-state index contributed by atoms with van der Waals surface area (Å²) in [7, 11) is -2.22. The molecule has 0 aromatic carbocycles. The molecule has 4 aromatic heterocycles. The van der Waals surface area contributed by atoms with Crippen molar-refractivity contribution in [3.63, 3.8) is 0 Å². The van der Waals surface area contributed by atoms with E-state index in [9.17, 15) is 0 Å². The van der Waals surface area contributed by atoms with Crippen molar-refractivity contribution < 1.29 is 18.8 Å². The standard InChI is InChI=1S/C18H26ClN3OSi.C12H21BO2.C12H17Cl2N3OSi/c1-24(2,3)12-11-23-13-22-10-9-15-16(14-7-5-4-6-8-14)20-18(19)21-17(15)22;1-11(2)12(3,4)15-13(14-11)10-8-6-5-7-9-10;1-19(2,3)7-6-18-8-17-5-4-9-10(13)15-12(14)16-11(9)17/h7,9-10H,4-6,8,11-13H2,1-3H3;8H,5-7,9H2,1-4H3;4-5H,6-8H2,1-3H3. The van der Waals surface area contributed by atoms with Crippen molar-refractivity contribution in [3.05, 3.63) is 63.6 Å². The first-order chi connectivity index (χ1) is 27.2. The molecule has 0 bridgehead atoms. The van der Waals surface area contributed by atoms with Crippen molar-refractivity contribution in [2.24, 2.45) is 0 Å². The molecule has 58 heavy (non-hydrogen) atoms. The van der Waals surface area contributed by atoms with Crippen molar-refractivity contribution in [1.82, 2.24) is 29.1 Å². The SMILES string of the molecule is CC1(C)OB(C2=CCCCC2)OC1(C)C.C[Si](C)(C)CCOCn1ccc2c(C3=CCCCC3)nc(Cl)nc21.C[Si](C)(C)CCOCn1ccc2c(Cl)nc(Cl)nc21. The summed E-state index contributed by atoms with van der Waals surface area (Å²) in [4.78, 5) is 17.0. The molecule has 1 saturated heterocycles. The monoisotopic (exact) mass is 888 g/mol. The molecule has 5 heterocycles. The Morgan fingerprint density at radius 1 is 0.672 bits per heavy atom. The van der Waals surface area contributed by atoms with E-state index in [-0.39, 0.29) is 23.6 Å². The van der Waals surface area contributed by atoms with Gasteiger partial charge in [0.25, 0.3) is 0 Å². The molecule has 0 radical (unpaired) electrons. The number of ether oxygens (including phenoxy) is 2. The van der Waals surface area contributed by atoms with E-state index in [0.29, 0.717) is 29.5 Å². The highest BCUT2D eigenvalue weighted by Gasteiger charge is 2.52. The lowest BCUT2D eigenvalue weighted by Crippen LogP contribution is -2.41. The molecule has 0 N–H and O–H groups in total. The Hall–Kier alpha value is -2.07. The molecule has 2 aliphatic carbocycles. The predicted molar refractivity (Wildman–Crippen MR) is 247 cm³/mol. The molecule has 1 aliphatic heterocycles. The third-order valence-electron chi connectivity index (χ3n) is 11.1. The van der Waals surface area contributed by atoms with Gasteiger partial charge in [0.15, 0.2) is 0 Å². The predicted octanol–water partition coefficient (Wildman–Crippen LogP) is 12.5. The van der Waals surface area contributed by atoms with Crippen LogP contribution in [0.15, 0.2) is 42.2 Å². The lowest BCUT2D eigenvalue weighted by molar-refractivity contribution is 0.00578. The molecule has 0 saturated carbocycles. The maximum absolute atomic E-state index is 6.20. The van der Waals surface area contributed by atoms with Crippen LogP contribution < -0.4 is 0 Å². The van der Waals surface area contributed by atoms with Gasteiger partial charge in [-0.15, -0.1) is 0 Å². The van der Waals surface area contributed by atoms with Gasteiger partial charge in [-0.25, -0.2) is 9.97 Å². The third kappa shape index (κ3) is 13.2. The van der Waals surface area contributed by atoms with Gasteiger partial charge in [0, 0.05) is 47.1 Å². The van der Waals surface area contributed by atoms with E-state index in [2.05, 4.69) is 105 Å². The van der Waals surface area contributed by atoms with E-state index in [4.69, 9.17) is 53.6 Å². The summed E-state index contributed by atoms with van der Waals surface area (Å²) in [6, 6.07) is 6.26. The minimum Gasteiger partial charge on any atom is -0.400 e. The summed E-state index contributed by atoms with van der Waals surface area (Å²) < 4.78 is 27.5. The highest BCUT2D eigenvalue weighted by molar-refractivity contribution is 6.76. The zero-order valence-corrected chi connectivity index (χ0v) is 40.7. The first-order valence-corrected chi connectivity index (χ1v) is 29.4. The lowest BCUT2D eigenvalue weighted by atomic mass is 9.73. The number of aromatic nitrogens is 6. The van der Waals surface area contributed by atoms with E-state index in [1.165, 1.54) is 49.2 Å². The Balaban J connectivity index is 0.000000170. The second-order valence-corrected chi connectivity index (χ2v) is 31.2. The topological polar surface area (TPSA) is 98.3 Å². The summed E-state index contributed by atoms with van der Waals surface area (Å²) in [6.07, 6.45) is 18.1. The van der Waals surface area contributed by atoms with E-state index in [1.807, 2.05) is 27.6 Å². The zero-order valence-electron chi connectivity index (χ0n) is 36.4. The van der Waals surface area contributed by atoms with Gasteiger partial charge in [0.2, 0.25) is 10.6 Å².